The van der Waals surface area contributed by atoms with Crippen molar-refractivity contribution >= 4 is 38.6 Å². The van der Waals surface area contributed by atoms with Gasteiger partial charge in [-0.2, -0.15) is 14.6 Å². The second-order valence-electron chi connectivity index (χ2n) is 11.9. The van der Waals surface area contributed by atoms with Crippen LogP contribution in [0.25, 0.3) is 10.9 Å². The highest BCUT2D eigenvalue weighted by molar-refractivity contribution is 7.89. The van der Waals surface area contributed by atoms with Gasteiger partial charge in [0.1, 0.15) is 11.9 Å². The molecule has 1 atom stereocenters. The van der Waals surface area contributed by atoms with Crippen LogP contribution in [0.1, 0.15) is 51.7 Å². The summed E-state index contributed by atoms with van der Waals surface area (Å²) in [6.07, 6.45) is 3.56. The number of hydrogen-bond donors (Lipinski definition) is 3. The van der Waals surface area contributed by atoms with Gasteiger partial charge in [0, 0.05) is 30.2 Å². The van der Waals surface area contributed by atoms with Gasteiger partial charge in [0.05, 0.1) is 16.1 Å². The molecule has 1 amide bonds. The lowest BCUT2D eigenvalue weighted by atomic mass is 10.0. The summed E-state index contributed by atoms with van der Waals surface area (Å²) in [6.45, 7) is 6.96. The van der Waals surface area contributed by atoms with E-state index < -0.39 is 27.9 Å². The highest BCUT2D eigenvalue weighted by Gasteiger charge is 2.31. The molecule has 2 heterocycles. The molecule has 3 aromatic carbocycles. The topological polar surface area (TPSA) is 147 Å². The number of carboxylic acids is 1. The molecule has 48 heavy (non-hydrogen) atoms. The summed E-state index contributed by atoms with van der Waals surface area (Å²) in [5, 5.41) is 15.7. The van der Waals surface area contributed by atoms with E-state index in [1.54, 1.807) is 55.2 Å². The maximum absolute atomic E-state index is 14.0. The second kappa shape index (κ2) is 14.8. The zero-order valence-electron chi connectivity index (χ0n) is 27.5. The predicted octanol–water partition coefficient (Wildman–Crippen LogP) is 5.30. The van der Waals surface area contributed by atoms with Crippen LogP contribution in [0, 0.1) is 20.8 Å². The molecule has 0 saturated heterocycles. The number of fused-ring (bicyclic) bond motifs is 1. The number of nitrogens with zero attached hydrogens (tertiary/aromatic N) is 4. The Morgan fingerprint density at radius 2 is 1.65 bits per heavy atom. The summed E-state index contributed by atoms with van der Waals surface area (Å²) < 4.78 is 29.3. The van der Waals surface area contributed by atoms with Gasteiger partial charge in [-0.25, -0.2) is 13.4 Å². The van der Waals surface area contributed by atoms with Crippen molar-refractivity contribution in [3.05, 3.63) is 119 Å². The van der Waals surface area contributed by atoms with E-state index in [-0.39, 0.29) is 18.0 Å². The molecule has 250 valence electrons. The first-order valence-electron chi connectivity index (χ1n) is 15.8. The minimum absolute atomic E-state index is 0.0394. The number of hydrogen-bond acceptors (Lipinski definition) is 7. The molecule has 0 aliphatic heterocycles. The van der Waals surface area contributed by atoms with Gasteiger partial charge >= 0.3 is 5.97 Å². The van der Waals surface area contributed by atoms with Crippen LogP contribution < -0.4 is 10.1 Å². The van der Waals surface area contributed by atoms with Crippen molar-refractivity contribution in [1.82, 2.24) is 24.5 Å². The van der Waals surface area contributed by atoms with E-state index in [4.69, 9.17) is 5.10 Å². The van der Waals surface area contributed by atoms with Gasteiger partial charge in [-0.15, -0.1) is 0 Å². The van der Waals surface area contributed by atoms with Crippen LogP contribution in [-0.4, -0.2) is 64.3 Å². The van der Waals surface area contributed by atoms with Gasteiger partial charge in [0.25, 0.3) is 5.91 Å². The largest absolute Gasteiger partial charge is 0.480 e. The Balaban J connectivity index is 1.45. The molecule has 3 N–H and O–H groups in total. The monoisotopic (exact) mass is 668 g/mol. The van der Waals surface area contributed by atoms with Gasteiger partial charge in [-0.3, -0.25) is 15.0 Å². The van der Waals surface area contributed by atoms with Gasteiger partial charge in [0.15, 0.2) is 0 Å². The number of rotatable bonds is 14. The second-order valence-corrected chi connectivity index (χ2v) is 13.5. The molecule has 0 aliphatic carbocycles. The van der Waals surface area contributed by atoms with Crippen molar-refractivity contribution in [1.29, 1.82) is 0 Å². The molecule has 5 rings (SSSR count). The average Bonchev–Trinajstić information content (AvgIpc) is 3.39. The van der Waals surface area contributed by atoms with Crippen molar-refractivity contribution in [2.75, 3.05) is 18.5 Å². The quantitative estimate of drug-likeness (QED) is 0.145. The van der Waals surface area contributed by atoms with E-state index in [1.165, 1.54) is 4.90 Å². The molecule has 12 heteroatoms. The number of carboxylic acid groups (broad SMARTS) is 1. The molecular weight excluding hydrogens is 628 g/mol. The number of benzene rings is 3. The zero-order valence-corrected chi connectivity index (χ0v) is 28.3. The number of sulfonamides is 1. The molecule has 0 unspecified atom stereocenters. The summed E-state index contributed by atoms with van der Waals surface area (Å²) >= 11 is 0. The Morgan fingerprint density at radius 1 is 0.938 bits per heavy atom. The number of anilines is 1. The summed E-state index contributed by atoms with van der Waals surface area (Å²) in [5.41, 5.74) is 8.14. The molecule has 0 spiro atoms. The molecule has 2 aromatic heterocycles. The van der Waals surface area contributed by atoms with Crippen LogP contribution in [0.4, 0.5) is 5.82 Å². The van der Waals surface area contributed by atoms with Crippen LogP contribution in [0.5, 0.6) is 0 Å². The Bertz CT molecular complexity index is 2010. The van der Waals surface area contributed by atoms with E-state index >= 15 is 0 Å². The number of carbonyl (C=O) groups excluding carboxylic acids is 1. The number of aryl methyl sites for hydroxylation is 5. The summed E-state index contributed by atoms with van der Waals surface area (Å²) in [4.78, 5) is 33.8. The molecule has 5 aromatic rings. The minimum atomic E-state index is -4.21. The van der Waals surface area contributed by atoms with E-state index in [1.807, 2.05) is 50.2 Å². The van der Waals surface area contributed by atoms with E-state index in [0.29, 0.717) is 35.3 Å². The van der Waals surface area contributed by atoms with Crippen LogP contribution >= 0.6 is 0 Å². The van der Waals surface area contributed by atoms with E-state index in [9.17, 15) is 23.1 Å². The summed E-state index contributed by atoms with van der Waals surface area (Å²) in [7, 11) is -4.21. The molecule has 0 radical (unpaired) electrons. The van der Waals surface area contributed by atoms with Crippen molar-refractivity contribution in [2.24, 2.45) is 0 Å². The molecule has 0 saturated carbocycles. The Hall–Kier alpha value is -5.07. The number of aliphatic carboxylic acids is 1. The maximum atomic E-state index is 14.0. The number of aromatic nitrogens is 3. The first-order chi connectivity index (χ1) is 23.0. The number of pyridine rings is 1. The third-order valence-corrected chi connectivity index (χ3v) is 9.81. The molecular formula is C36H40N6O5S. The standard InChI is InChI=1S/C36H40N6O5S/c1-5-19-41(23-31(36(44)45)40-48(46,47)34-25(3)20-24(2)21-26(34)4)35(43)28-15-17-32-29(22-28)30(16-14-27-11-7-6-8-12-27)38-42(32)39-33-13-9-10-18-37-33/h6-13,15,17-18,20-22,31,40H,5,14,16,19,23H2,1-4H3,(H,37,39)(H,44,45)/t31-/m0/s1. The first kappa shape index (κ1) is 34.3. The van der Waals surface area contributed by atoms with Crippen LogP contribution in [-0.2, 0) is 27.7 Å². The Morgan fingerprint density at radius 3 is 2.29 bits per heavy atom. The van der Waals surface area contributed by atoms with Crippen molar-refractivity contribution in [3.63, 3.8) is 0 Å². The van der Waals surface area contributed by atoms with Crippen molar-refractivity contribution in [3.8, 4) is 0 Å². The lowest BCUT2D eigenvalue weighted by Crippen LogP contribution is -2.50. The first-order valence-corrected chi connectivity index (χ1v) is 17.3. The number of carbonyl (C=O) groups is 2. The van der Waals surface area contributed by atoms with Gasteiger partial charge in [-0.05, 0) is 87.1 Å². The van der Waals surface area contributed by atoms with E-state index in [0.717, 1.165) is 34.1 Å². The Kier molecular flexibility index (Phi) is 10.6. The van der Waals surface area contributed by atoms with Gasteiger partial charge < -0.3 is 10.0 Å². The van der Waals surface area contributed by atoms with Crippen LogP contribution in [0.3, 0.4) is 0 Å². The highest BCUT2D eigenvalue weighted by Crippen LogP contribution is 2.25. The Labute approximate surface area is 280 Å². The molecule has 11 nitrogen and oxygen atoms in total. The van der Waals surface area contributed by atoms with Gasteiger partial charge in [-0.1, -0.05) is 61.0 Å². The highest BCUT2D eigenvalue weighted by atomic mass is 32.2. The predicted molar refractivity (Wildman–Crippen MR) is 185 cm³/mol. The normalized spacial score (nSPS) is 12.2. The fourth-order valence-electron chi connectivity index (χ4n) is 5.98. The SMILES string of the molecule is CCCN(C[C@H](NS(=O)(=O)c1c(C)cc(C)cc1C)C(=O)O)C(=O)c1ccc2c(c1)c(CCc1ccccc1)nn2Nc1ccccn1. The fraction of sp³-hybridized carbons (Fsp3) is 0.278. The molecule has 0 bridgehead atoms. The minimum Gasteiger partial charge on any atom is -0.480 e. The third-order valence-electron chi connectivity index (χ3n) is 8.03. The van der Waals surface area contributed by atoms with Crippen LogP contribution in [0.2, 0.25) is 0 Å². The number of amides is 1. The fourth-order valence-corrected chi connectivity index (χ4v) is 7.61. The van der Waals surface area contributed by atoms with E-state index in [2.05, 4.69) is 27.3 Å². The van der Waals surface area contributed by atoms with Gasteiger partial charge in [0.2, 0.25) is 10.0 Å². The van der Waals surface area contributed by atoms with Crippen LogP contribution in [0.15, 0.2) is 90.0 Å². The molecule has 0 aliphatic rings. The lowest BCUT2D eigenvalue weighted by molar-refractivity contribution is -0.139. The summed E-state index contributed by atoms with van der Waals surface area (Å²) in [5.74, 6) is -1.19. The zero-order chi connectivity index (χ0) is 34.4. The average molecular weight is 669 g/mol. The third kappa shape index (κ3) is 7.89. The smallest absolute Gasteiger partial charge is 0.323 e. The lowest BCUT2D eigenvalue weighted by Gasteiger charge is -2.26. The number of nitrogens with one attached hydrogen (secondary N) is 2. The summed E-state index contributed by atoms with van der Waals surface area (Å²) in [6, 6.07) is 22.7. The van der Waals surface area contributed by atoms with Crippen molar-refractivity contribution in [2.45, 2.75) is 57.9 Å². The molecule has 0 fully saturated rings. The van der Waals surface area contributed by atoms with Crippen molar-refractivity contribution < 1.29 is 23.1 Å². The maximum Gasteiger partial charge on any atom is 0.323 e.